The molecule has 0 atom stereocenters. The minimum absolute atomic E-state index is 0.0740. The Hall–Kier alpha value is -2.18. The van der Waals surface area contributed by atoms with Crippen LogP contribution in [0.25, 0.3) is 0 Å². The van der Waals surface area contributed by atoms with E-state index in [0.29, 0.717) is 18.9 Å². The number of nitrogens with one attached hydrogen (secondary N) is 1. The van der Waals surface area contributed by atoms with Crippen molar-refractivity contribution in [3.8, 4) is 0 Å². The maximum absolute atomic E-state index is 12.4. The Kier molecular flexibility index (Phi) is 6.58. The summed E-state index contributed by atoms with van der Waals surface area (Å²) in [5.41, 5.74) is -0.186. The van der Waals surface area contributed by atoms with Crippen LogP contribution in [0.1, 0.15) is 43.5 Å². The van der Waals surface area contributed by atoms with E-state index in [4.69, 9.17) is 0 Å². The smallest absolute Gasteiger partial charge is 0.300 e. The van der Waals surface area contributed by atoms with Crippen molar-refractivity contribution in [2.24, 2.45) is 0 Å². The summed E-state index contributed by atoms with van der Waals surface area (Å²) in [5, 5.41) is 14.0. The number of carbonyl (C=O) groups excluding carboxylic acids is 1. The van der Waals surface area contributed by atoms with Crippen LogP contribution < -0.4 is 5.32 Å². The number of pyridine rings is 1. The maximum atomic E-state index is 12.4. The topological polar surface area (TPSA) is 88.4 Å². The van der Waals surface area contributed by atoms with Crippen LogP contribution >= 0.6 is 0 Å². The van der Waals surface area contributed by atoms with Gasteiger partial charge in [0.15, 0.2) is 0 Å². The number of anilines is 1. The quantitative estimate of drug-likeness (QED) is 0.452. The number of carbonyl (C=O) groups is 1. The van der Waals surface area contributed by atoms with E-state index in [9.17, 15) is 14.9 Å². The Labute approximate surface area is 124 Å². The number of unbranched alkanes of at least 4 members (excludes halogenated alkanes) is 2. The molecule has 0 aliphatic carbocycles. The third-order valence-electron chi connectivity index (χ3n) is 3.11. The van der Waals surface area contributed by atoms with Crippen molar-refractivity contribution in [3.63, 3.8) is 0 Å². The standard InChI is InChI=1S/C14H22N4O3/c1-4-6-7-8-17(3)14(19)11-9-13(15-5-2)16-10-12(11)18(20)21/h9-10H,4-8H2,1-3H3,(H,15,16). The monoisotopic (exact) mass is 294 g/mol. The Morgan fingerprint density at radius 1 is 1.43 bits per heavy atom. The lowest BCUT2D eigenvalue weighted by Crippen LogP contribution is -2.28. The average molecular weight is 294 g/mol. The first-order valence-corrected chi connectivity index (χ1v) is 7.15. The van der Waals surface area contributed by atoms with Gasteiger partial charge in [-0.25, -0.2) is 4.98 Å². The number of aromatic nitrogens is 1. The molecule has 1 amide bonds. The van der Waals surface area contributed by atoms with Gasteiger partial charge in [0.1, 0.15) is 17.6 Å². The first kappa shape index (κ1) is 16.9. The zero-order valence-corrected chi connectivity index (χ0v) is 12.8. The summed E-state index contributed by atoms with van der Waals surface area (Å²) >= 11 is 0. The summed E-state index contributed by atoms with van der Waals surface area (Å²) in [6.07, 6.45) is 4.10. The average Bonchev–Trinajstić information content (AvgIpc) is 2.46. The predicted molar refractivity (Wildman–Crippen MR) is 81.5 cm³/mol. The van der Waals surface area contributed by atoms with E-state index in [1.165, 1.54) is 11.0 Å². The van der Waals surface area contributed by atoms with Gasteiger partial charge < -0.3 is 10.2 Å². The Bertz CT molecular complexity index is 505. The van der Waals surface area contributed by atoms with Crippen molar-refractivity contribution < 1.29 is 9.72 Å². The molecule has 1 heterocycles. The van der Waals surface area contributed by atoms with Crippen molar-refractivity contribution in [1.29, 1.82) is 0 Å². The van der Waals surface area contributed by atoms with E-state index in [1.807, 2.05) is 6.92 Å². The van der Waals surface area contributed by atoms with Crippen LogP contribution in [0.4, 0.5) is 11.5 Å². The van der Waals surface area contributed by atoms with Gasteiger partial charge in [-0.2, -0.15) is 0 Å². The molecule has 0 unspecified atom stereocenters. The van der Waals surface area contributed by atoms with E-state index in [1.54, 1.807) is 7.05 Å². The van der Waals surface area contributed by atoms with Gasteiger partial charge >= 0.3 is 0 Å². The van der Waals surface area contributed by atoms with Crippen LogP contribution in [0.3, 0.4) is 0 Å². The van der Waals surface area contributed by atoms with Gasteiger partial charge in [-0.3, -0.25) is 14.9 Å². The van der Waals surface area contributed by atoms with Crippen LogP contribution in [-0.4, -0.2) is 40.9 Å². The molecule has 116 valence electrons. The third kappa shape index (κ3) is 4.70. The molecule has 0 aromatic carbocycles. The molecule has 7 heteroatoms. The molecule has 0 fully saturated rings. The first-order chi connectivity index (χ1) is 10.0. The van der Waals surface area contributed by atoms with E-state index in [-0.39, 0.29) is 17.2 Å². The van der Waals surface area contributed by atoms with Gasteiger partial charge in [-0.1, -0.05) is 19.8 Å². The number of hydrogen-bond acceptors (Lipinski definition) is 5. The van der Waals surface area contributed by atoms with Crippen molar-refractivity contribution in [2.45, 2.75) is 33.1 Å². The number of nitro groups is 1. The lowest BCUT2D eigenvalue weighted by atomic mass is 10.2. The van der Waals surface area contributed by atoms with Gasteiger partial charge in [0, 0.05) is 26.2 Å². The third-order valence-corrected chi connectivity index (χ3v) is 3.11. The molecular formula is C14H22N4O3. The summed E-state index contributed by atoms with van der Waals surface area (Å²) in [4.78, 5) is 28.3. The second kappa shape index (κ2) is 8.18. The molecule has 7 nitrogen and oxygen atoms in total. The van der Waals surface area contributed by atoms with Gasteiger partial charge in [-0.05, 0) is 13.3 Å². The number of amides is 1. The number of rotatable bonds is 8. The Balaban J connectivity index is 2.98. The lowest BCUT2D eigenvalue weighted by molar-refractivity contribution is -0.385. The molecular weight excluding hydrogens is 272 g/mol. The van der Waals surface area contributed by atoms with E-state index in [2.05, 4.69) is 17.2 Å². The van der Waals surface area contributed by atoms with E-state index < -0.39 is 4.92 Å². The van der Waals surface area contributed by atoms with Gasteiger partial charge in [-0.15, -0.1) is 0 Å². The molecule has 0 aliphatic rings. The van der Waals surface area contributed by atoms with Crippen molar-refractivity contribution in [2.75, 3.05) is 25.5 Å². The van der Waals surface area contributed by atoms with E-state index >= 15 is 0 Å². The second-order valence-corrected chi connectivity index (χ2v) is 4.81. The largest absolute Gasteiger partial charge is 0.370 e. The summed E-state index contributed by atoms with van der Waals surface area (Å²) in [5.74, 6) is 0.118. The lowest BCUT2D eigenvalue weighted by Gasteiger charge is -2.17. The summed E-state index contributed by atoms with van der Waals surface area (Å²) in [6.45, 7) is 5.19. The van der Waals surface area contributed by atoms with Crippen molar-refractivity contribution >= 4 is 17.4 Å². The maximum Gasteiger partial charge on any atom is 0.300 e. The first-order valence-electron chi connectivity index (χ1n) is 7.15. The Morgan fingerprint density at radius 3 is 2.71 bits per heavy atom. The van der Waals surface area contributed by atoms with Crippen LogP contribution in [0.2, 0.25) is 0 Å². The molecule has 21 heavy (non-hydrogen) atoms. The summed E-state index contributed by atoms with van der Waals surface area (Å²) in [7, 11) is 1.66. The summed E-state index contributed by atoms with van der Waals surface area (Å²) < 4.78 is 0. The van der Waals surface area contributed by atoms with Gasteiger partial charge in [0.25, 0.3) is 11.6 Å². The highest BCUT2D eigenvalue weighted by atomic mass is 16.6. The fourth-order valence-electron chi connectivity index (χ4n) is 1.95. The molecule has 1 aromatic rings. The molecule has 1 aromatic heterocycles. The molecule has 0 spiro atoms. The highest BCUT2D eigenvalue weighted by molar-refractivity contribution is 5.98. The molecule has 0 saturated heterocycles. The van der Waals surface area contributed by atoms with Crippen LogP contribution in [0.15, 0.2) is 12.3 Å². The van der Waals surface area contributed by atoms with Crippen molar-refractivity contribution in [1.82, 2.24) is 9.88 Å². The number of nitrogens with zero attached hydrogens (tertiary/aromatic N) is 3. The zero-order valence-electron chi connectivity index (χ0n) is 12.8. The second-order valence-electron chi connectivity index (χ2n) is 4.81. The molecule has 1 rings (SSSR count). The van der Waals surface area contributed by atoms with Gasteiger partial charge in [0.2, 0.25) is 0 Å². The van der Waals surface area contributed by atoms with Crippen molar-refractivity contribution in [3.05, 3.63) is 27.9 Å². The number of hydrogen-bond donors (Lipinski definition) is 1. The fraction of sp³-hybridized carbons (Fsp3) is 0.571. The van der Waals surface area contributed by atoms with Gasteiger partial charge in [0.05, 0.1) is 4.92 Å². The Morgan fingerprint density at radius 2 is 2.14 bits per heavy atom. The SMILES string of the molecule is CCCCCN(C)C(=O)c1cc(NCC)ncc1[N+](=O)[O-]. The zero-order chi connectivity index (χ0) is 15.8. The molecule has 0 radical (unpaired) electrons. The summed E-state index contributed by atoms with van der Waals surface area (Å²) in [6, 6.07) is 1.44. The highest BCUT2D eigenvalue weighted by Crippen LogP contribution is 2.22. The van der Waals surface area contributed by atoms with Crippen LogP contribution in [-0.2, 0) is 0 Å². The molecule has 0 saturated carbocycles. The molecule has 0 aliphatic heterocycles. The highest BCUT2D eigenvalue weighted by Gasteiger charge is 2.24. The minimum atomic E-state index is -0.574. The normalized spacial score (nSPS) is 10.2. The minimum Gasteiger partial charge on any atom is -0.370 e. The van der Waals surface area contributed by atoms with Crippen LogP contribution in [0.5, 0.6) is 0 Å². The van der Waals surface area contributed by atoms with E-state index in [0.717, 1.165) is 25.5 Å². The predicted octanol–water partition coefficient (Wildman–Crippen LogP) is 2.68. The fourth-order valence-corrected chi connectivity index (χ4v) is 1.95. The van der Waals surface area contributed by atoms with Crippen LogP contribution in [0, 0.1) is 10.1 Å². The molecule has 1 N–H and O–H groups in total. The molecule has 0 bridgehead atoms.